The second kappa shape index (κ2) is 12.9. The predicted octanol–water partition coefficient (Wildman–Crippen LogP) is 7.01. The lowest BCUT2D eigenvalue weighted by Gasteiger charge is -2.38. The summed E-state index contributed by atoms with van der Waals surface area (Å²) in [5, 5.41) is 2.63. The summed E-state index contributed by atoms with van der Waals surface area (Å²) in [6.45, 7) is 28.4. The predicted molar refractivity (Wildman–Crippen MR) is 174 cm³/mol. The van der Waals surface area contributed by atoms with E-state index in [4.69, 9.17) is 9.47 Å². The zero-order valence-electron chi connectivity index (χ0n) is 27.8. The fourth-order valence-corrected chi connectivity index (χ4v) is 7.92. The average molecular weight is 557 g/mol. The van der Waals surface area contributed by atoms with Crippen molar-refractivity contribution < 1.29 is 9.47 Å². The summed E-state index contributed by atoms with van der Waals surface area (Å²) in [5.41, 5.74) is 5.05. The van der Waals surface area contributed by atoms with Gasteiger partial charge in [-0.1, -0.05) is 74.4 Å². The highest BCUT2D eigenvalue weighted by Crippen LogP contribution is 2.54. The zero-order valence-corrected chi connectivity index (χ0v) is 28.7. The molecule has 2 rings (SSSR count). The highest BCUT2D eigenvalue weighted by atomic mass is 31.1. The van der Waals surface area contributed by atoms with Crippen LogP contribution in [0, 0.1) is 13.8 Å². The van der Waals surface area contributed by atoms with Gasteiger partial charge in [-0.05, 0) is 89.2 Å². The third-order valence-corrected chi connectivity index (χ3v) is 9.74. The molecule has 2 aromatic rings. The summed E-state index contributed by atoms with van der Waals surface area (Å²) in [4.78, 5) is 4.37. The Kier molecular flexibility index (Phi) is 11.1. The van der Waals surface area contributed by atoms with Gasteiger partial charge >= 0.3 is 0 Å². The summed E-state index contributed by atoms with van der Waals surface area (Å²) >= 11 is 0. The maximum Gasteiger partial charge on any atom is 0.131 e. The summed E-state index contributed by atoms with van der Waals surface area (Å²) in [6, 6.07) is 9.44. The standard InChI is InChI=1S/C34H57N2O2P/c1-24-20-26(32(3,4)5)30(37-18-16-35(12)13)28(22-24)39(34(9,10)11)29-23-25(2)21-27(33(6,7)8)31(29)38-19-17-36(14)15/h20-23H,16-19H2,1-15H3. The number of benzene rings is 2. The van der Waals surface area contributed by atoms with Crippen molar-refractivity contribution in [1.29, 1.82) is 0 Å². The van der Waals surface area contributed by atoms with Crippen LogP contribution in [0.25, 0.3) is 0 Å². The Morgan fingerprint density at radius 1 is 0.590 bits per heavy atom. The van der Waals surface area contributed by atoms with Crippen LogP contribution in [0.2, 0.25) is 0 Å². The molecule has 0 aliphatic carbocycles. The van der Waals surface area contributed by atoms with Crippen molar-refractivity contribution in [2.24, 2.45) is 0 Å². The summed E-state index contributed by atoms with van der Waals surface area (Å²) < 4.78 is 13.5. The van der Waals surface area contributed by atoms with Crippen LogP contribution in [0.1, 0.15) is 84.6 Å². The molecule has 0 unspecified atom stereocenters. The average Bonchev–Trinajstić information content (AvgIpc) is 2.73. The number of hydrogen-bond donors (Lipinski definition) is 0. The van der Waals surface area contributed by atoms with Crippen molar-refractivity contribution in [1.82, 2.24) is 9.80 Å². The number of rotatable bonds is 10. The topological polar surface area (TPSA) is 24.9 Å². The van der Waals surface area contributed by atoms with E-state index in [2.05, 4.69) is 138 Å². The molecule has 0 aromatic heterocycles. The fourth-order valence-electron chi connectivity index (χ4n) is 4.77. The van der Waals surface area contributed by atoms with E-state index >= 15 is 0 Å². The monoisotopic (exact) mass is 556 g/mol. The molecule has 0 aliphatic rings. The first-order valence-electron chi connectivity index (χ1n) is 14.4. The van der Waals surface area contributed by atoms with Gasteiger partial charge in [0, 0.05) is 34.8 Å². The van der Waals surface area contributed by atoms with E-state index in [1.54, 1.807) is 0 Å². The normalized spacial score (nSPS) is 13.1. The largest absolute Gasteiger partial charge is 0.491 e. The lowest BCUT2D eigenvalue weighted by Crippen LogP contribution is -2.33. The molecule has 0 amide bonds. The minimum Gasteiger partial charge on any atom is -0.491 e. The smallest absolute Gasteiger partial charge is 0.131 e. The van der Waals surface area contributed by atoms with E-state index in [9.17, 15) is 0 Å². The van der Waals surface area contributed by atoms with Crippen LogP contribution in [0.15, 0.2) is 24.3 Å². The van der Waals surface area contributed by atoms with E-state index < -0.39 is 7.92 Å². The highest BCUT2D eigenvalue weighted by molar-refractivity contribution is 7.74. The molecule has 0 fully saturated rings. The third kappa shape index (κ3) is 9.20. The number of aryl methyl sites for hydroxylation is 2. The SMILES string of the molecule is Cc1cc(P(c2cc(C)cc(C(C)(C)C)c2OCCN(C)C)C(C)(C)C)c(OCCN(C)C)c(C(C)(C)C)c1. The first-order chi connectivity index (χ1) is 17.7. The summed E-state index contributed by atoms with van der Waals surface area (Å²) in [7, 11) is 7.57. The van der Waals surface area contributed by atoms with Crippen molar-refractivity contribution in [3.63, 3.8) is 0 Å². The van der Waals surface area contributed by atoms with E-state index in [1.165, 1.54) is 32.9 Å². The van der Waals surface area contributed by atoms with Crippen LogP contribution in [0.3, 0.4) is 0 Å². The Morgan fingerprint density at radius 3 is 1.18 bits per heavy atom. The van der Waals surface area contributed by atoms with Gasteiger partial charge in [-0.3, -0.25) is 0 Å². The minimum absolute atomic E-state index is 0.0133. The van der Waals surface area contributed by atoms with E-state index in [1.807, 2.05) is 0 Å². The van der Waals surface area contributed by atoms with Crippen LogP contribution < -0.4 is 20.1 Å². The second-order valence-corrected chi connectivity index (χ2v) is 17.6. The van der Waals surface area contributed by atoms with Crippen molar-refractivity contribution in [3.05, 3.63) is 46.5 Å². The van der Waals surface area contributed by atoms with Crippen LogP contribution in [0.4, 0.5) is 0 Å². The number of likely N-dealkylation sites (N-methyl/N-ethyl adjacent to an activating group) is 2. The Hall–Kier alpha value is -1.61. The number of nitrogens with zero attached hydrogens (tertiary/aromatic N) is 2. The molecule has 0 bridgehead atoms. The van der Waals surface area contributed by atoms with Gasteiger partial charge in [0.2, 0.25) is 0 Å². The second-order valence-electron chi connectivity index (χ2n) is 14.6. The van der Waals surface area contributed by atoms with Crippen LogP contribution >= 0.6 is 7.92 Å². The van der Waals surface area contributed by atoms with Crippen molar-refractivity contribution in [3.8, 4) is 11.5 Å². The van der Waals surface area contributed by atoms with Gasteiger partial charge in [0.15, 0.2) is 0 Å². The molecule has 0 aliphatic heterocycles. The molecule has 220 valence electrons. The fraction of sp³-hybridized carbons (Fsp3) is 0.647. The molecule has 0 spiro atoms. The number of ether oxygens (including phenoxy) is 2. The molecule has 0 radical (unpaired) electrons. The molecule has 2 aromatic carbocycles. The van der Waals surface area contributed by atoms with Crippen molar-refractivity contribution in [2.45, 2.75) is 92.1 Å². The Balaban J connectivity index is 2.95. The van der Waals surface area contributed by atoms with Gasteiger partial charge in [-0.15, -0.1) is 0 Å². The minimum atomic E-state index is -0.834. The highest BCUT2D eigenvalue weighted by Gasteiger charge is 2.37. The van der Waals surface area contributed by atoms with Gasteiger partial charge in [-0.2, -0.15) is 0 Å². The summed E-state index contributed by atoms with van der Waals surface area (Å²) in [6.07, 6.45) is 0. The maximum absolute atomic E-state index is 6.77. The van der Waals surface area contributed by atoms with Gasteiger partial charge in [-0.25, -0.2) is 0 Å². The van der Waals surface area contributed by atoms with E-state index in [0.717, 1.165) is 24.6 Å². The Morgan fingerprint density at radius 2 is 0.923 bits per heavy atom. The number of hydrogen-bond acceptors (Lipinski definition) is 4. The van der Waals surface area contributed by atoms with Gasteiger partial charge in [0.1, 0.15) is 24.7 Å². The van der Waals surface area contributed by atoms with Crippen LogP contribution in [-0.4, -0.2) is 69.4 Å². The lowest BCUT2D eigenvalue weighted by molar-refractivity contribution is 0.258. The lowest BCUT2D eigenvalue weighted by atomic mass is 9.85. The summed E-state index contributed by atoms with van der Waals surface area (Å²) in [5.74, 6) is 2.13. The maximum atomic E-state index is 6.77. The molecule has 0 saturated heterocycles. The molecule has 0 heterocycles. The van der Waals surface area contributed by atoms with Crippen LogP contribution in [-0.2, 0) is 10.8 Å². The molecule has 4 nitrogen and oxygen atoms in total. The van der Waals surface area contributed by atoms with Gasteiger partial charge in [0.25, 0.3) is 0 Å². The van der Waals surface area contributed by atoms with E-state index in [0.29, 0.717) is 13.2 Å². The first kappa shape index (κ1) is 33.6. The molecule has 39 heavy (non-hydrogen) atoms. The van der Waals surface area contributed by atoms with Crippen molar-refractivity contribution in [2.75, 3.05) is 54.5 Å². The molecule has 0 N–H and O–H groups in total. The van der Waals surface area contributed by atoms with Gasteiger partial charge < -0.3 is 19.3 Å². The molecule has 5 heteroatoms. The molecule has 0 atom stereocenters. The molecular weight excluding hydrogens is 499 g/mol. The van der Waals surface area contributed by atoms with Crippen molar-refractivity contribution >= 4 is 18.5 Å². The van der Waals surface area contributed by atoms with Gasteiger partial charge in [0.05, 0.1) is 0 Å². The quantitative estimate of drug-likeness (QED) is 0.294. The zero-order chi connectivity index (χ0) is 29.9. The molecule has 0 saturated carbocycles. The first-order valence-corrected chi connectivity index (χ1v) is 15.7. The Labute approximate surface area is 242 Å². The third-order valence-electron chi connectivity index (χ3n) is 6.77. The Bertz CT molecular complexity index is 1020. The van der Waals surface area contributed by atoms with E-state index in [-0.39, 0.29) is 16.0 Å². The van der Waals surface area contributed by atoms with Crippen LogP contribution in [0.5, 0.6) is 11.5 Å². The molecular formula is C34H57N2O2P.